The zero-order chi connectivity index (χ0) is 18.1. The monoisotopic (exact) mass is 342 g/mol. The quantitative estimate of drug-likeness (QED) is 0.678. The van der Waals surface area contributed by atoms with E-state index in [2.05, 4.69) is 10.3 Å². The molecule has 132 valence electrons. The minimum Gasteiger partial charge on any atom is -0.496 e. The number of methoxy groups -OCH3 is 1. The van der Waals surface area contributed by atoms with Gasteiger partial charge in [-0.15, -0.1) is 0 Å². The lowest BCUT2D eigenvalue weighted by atomic mass is 10.1. The second-order valence-electron chi connectivity index (χ2n) is 5.58. The molecule has 1 aromatic carbocycles. The molecule has 6 heteroatoms. The summed E-state index contributed by atoms with van der Waals surface area (Å²) < 4.78 is 5.24. The van der Waals surface area contributed by atoms with E-state index >= 15 is 0 Å². The van der Waals surface area contributed by atoms with Gasteiger partial charge < -0.3 is 15.2 Å². The zero-order valence-corrected chi connectivity index (χ0v) is 14.2. The average Bonchev–Trinajstić information content (AvgIpc) is 2.66. The summed E-state index contributed by atoms with van der Waals surface area (Å²) in [5.41, 5.74) is 2.37. The van der Waals surface area contributed by atoms with Crippen LogP contribution < -0.4 is 10.1 Å². The maximum absolute atomic E-state index is 11.9. The summed E-state index contributed by atoms with van der Waals surface area (Å²) in [5, 5.41) is 11.7. The number of nitrogens with one attached hydrogen (secondary N) is 1. The normalized spacial score (nSPS) is 10.3. The summed E-state index contributed by atoms with van der Waals surface area (Å²) in [5.74, 6) is -0.481. The minimum atomic E-state index is -0.602. The summed E-state index contributed by atoms with van der Waals surface area (Å²) >= 11 is 0. The smallest absolute Gasteiger partial charge is 0.287 e. The number of pyridine rings is 1. The molecular formula is C19H22N2O4. The number of hydrogen-bond acceptors (Lipinski definition) is 5. The molecule has 0 bridgehead atoms. The summed E-state index contributed by atoms with van der Waals surface area (Å²) in [6.45, 7) is 0.109. The number of aromatic nitrogens is 1. The number of amides is 1. The number of carbonyl (C=O) groups excluding carboxylic acids is 2. The zero-order valence-electron chi connectivity index (χ0n) is 14.2. The van der Waals surface area contributed by atoms with Crippen molar-refractivity contribution < 1.29 is 19.4 Å². The van der Waals surface area contributed by atoms with Gasteiger partial charge in [-0.25, -0.2) is 0 Å². The number of aryl methyl sites for hydroxylation is 1. The third-order valence-electron chi connectivity index (χ3n) is 3.79. The van der Waals surface area contributed by atoms with E-state index in [-0.39, 0.29) is 19.6 Å². The molecule has 0 aliphatic carbocycles. The standard InChI is InChI=1S/C19H22N2O4/c1-25-18-11-14(13-22)8-9-15(18)12-21-19(24)17(23)7-4-6-16-5-2-3-10-20-16/h2-3,5,8-11,22H,4,6-7,12-13H2,1H3,(H,21,24). The van der Waals surface area contributed by atoms with Crippen LogP contribution in [0.4, 0.5) is 0 Å². The predicted molar refractivity (Wildman–Crippen MR) is 92.9 cm³/mol. The maximum Gasteiger partial charge on any atom is 0.287 e. The first-order chi connectivity index (χ1) is 12.1. The van der Waals surface area contributed by atoms with Crippen LogP contribution in [0.5, 0.6) is 5.75 Å². The largest absolute Gasteiger partial charge is 0.496 e. The van der Waals surface area contributed by atoms with Crippen LogP contribution in [-0.4, -0.2) is 28.9 Å². The van der Waals surface area contributed by atoms with Crippen molar-refractivity contribution in [2.45, 2.75) is 32.4 Å². The van der Waals surface area contributed by atoms with Crippen molar-refractivity contribution in [3.05, 3.63) is 59.4 Å². The number of hydrogen-bond donors (Lipinski definition) is 2. The molecule has 6 nitrogen and oxygen atoms in total. The molecule has 0 aliphatic rings. The topological polar surface area (TPSA) is 88.5 Å². The van der Waals surface area contributed by atoms with Gasteiger partial charge in [0, 0.05) is 30.4 Å². The van der Waals surface area contributed by atoms with Crippen molar-refractivity contribution in [3.63, 3.8) is 0 Å². The number of ketones is 1. The van der Waals surface area contributed by atoms with Gasteiger partial charge in [-0.1, -0.05) is 18.2 Å². The lowest BCUT2D eigenvalue weighted by molar-refractivity contribution is -0.138. The fourth-order valence-electron chi connectivity index (χ4n) is 2.40. The molecule has 0 saturated heterocycles. The number of carbonyl (C=O) groups is 2. The van der Waals surface area contributed by atoms with Crippen LogP contribution in [0.2, 0.25) is 0 Å². The van der Waals surface area contributed by atoms with Crippen LogP contribution in [0.3, 0.4) is 0 Å². The number of ether oxygens (including phenoxy) is 1. The van der Waals surface area contributed by atoms with Gasteiger partial charge in [0.2, 0.25) is 5.78 Å². The van der Waals surface area contributed by atoms with Gasteiger partial charge >= 0.3 is 0 Å². The van der Waals surface area contributed by atoms with Gasteiger partial charge in [0.1, 0.15) is 5.75 Å². The van der Waals surface area contributed by atoms with E-state index in [1.54, 1.807) is 24.4 Å². The van der Waals surface area contributed by atoms with Crippen LogP contribution >= 0.6 is 0 Å². The van der Waals surface area contributed by atoms with E-state index in [1.165, 1.54) is 7.11 Å². The Morgan fingerprint density at radius 3 is 2.76 bits per heavy atom. The van der Waals surface area contributed by atoms with Crippen molar-refractivity contribution in [2.24, 2.45) is 0 Å². The Hall–Kier alpha value is -2.73. The Balaban J connectivity index is 1.80. The first kappa shape index (κ1) is 18.6. The highest BCUT2D eigenvalue weighted by Gasteiger charge is 2.14. The molecule has 0 atom stereocenters. The van der Waals surface area contributed by atoms with Crippen LogP contribution in [0.25, 0.3) is 0 Å². The number of aliphatic hydroxyl groups is 1. The first-order valence-corrected chi connectivity index (χ1v) is 8.11. The van der Waals surface area contributed by atoms with Gasteiger partial charge in [0.25, 0.3) is 5.91 Å². The Bertz CT molecular complexity index is 717. The van der Waals surface area contributed by atoms with Crippen LogP contribution in [0.1, 0.15) is 29.7 Å². The second-order valence-corrected chi connectivity index (χ2v) is 5.58. The fraction of sp³-hybridized carbons (Fsp3) is 0.316. The molecule has 2 N–H and O–H groups in total. The highest BCUT2D eigenvalue weighted by atomic mass is 16.5. The van der Waals surface area contributed by atoms with Gasteiger partial charge in [0.15, 0.2) is 0 Å². The molecule has 1 heterocycles. The number of rotatable bonds is 9. The summed E-state index contributed by atoms with van der Waals surface area (Å²) in [7, 11) is 1.52. The lowest BCUT2D eigenvalue weighted by Gasteiger charge is -2.11. The number of benzene rings is 1. The van der Waals surface area contributed by atoms with Crippen molar-refractivity contribution in [1.29, 1.82) is 0 Å². The van der Waals surface area contributed by atoms with Gasteiger partial charge in [-0.2, -0.15) is 0 Å². The lowest BCUT2D eigenvalue weighted by Crippen LogP contribution is -2.30. The molecule has 0 saturated carbocycles. The molecule has 0 aliphatic heterocycles. The molecular weight excluding hydrogens is 320 g/mol. The Morgan fingerprint density at radius 2 is 2.08 bits per heavy atom. The third kappa shape index (κ3) is 5.69. The number of nitrogens with zero attached hydrogens (tertiary/aromatic N) is 1. The molecule has 0 spiro atoms. The van der Waals surface area contributed by atoms with E-state index in [0.29, 0.717) is 18.6 Å². The molecule has 0 radical (unpaired) electrons. The number of Topliss-reactive ketones (excluding diaryl/α,β-unsaturated/α-hetero) is 1. The molecule has 0 unspecified atom stereocenters. The average molecular weight is 342 g/mol. The van der Waals surface area contributed by atoms with Gasteiger partial charge in [0.05, 0.1) is 13.7 Å². The van der Waals surface area contributed by atoms with Crippen LogP contribution in [0, 0.1) is 0 Å². The van der Waals surface area contributed by atoms with Crippen molar-refractivity contribution in [2.75, 3.05) is 7.11 Å². The third-order valence-corrected chi connectivity index (χ3v) is 3.79. The molecule has 1 aromatic heterocycles. The molecule has 2 aromatic rings. The molecule has 1 amide bonds. The fourth-order valence-corrected chi connectivity index (χ4v) is 2.40. The summed E-state index contributed by atoms with van der Waals surface area (Å²) in [4.78, 5) is 28.0. The number of aliphatic hydroxyl groups excluding tert-OH is 1. The van der Waals surface area contributed by atoms with Gasteiger partial charge in [-0.3, -0.25) is 14.6 Å². The van der Waals surface area contributed by atoms with Gasteiger partial charge in [-0.05, 0) is 36.6 Å². The SMILES string of the molecule is COc1cc(CO)ccc1CNC(=O)C(=O)CCCc1ccccn1. The Kier molecular flexibility index (Phi) is 7.10. The van der Waals surface area contributed by atoms with Crippen LogP contribution in [0.15, 0.2) is 42.6 Å². The highest BCUT2D eigenvalue weighted by molar-refractivity contribution is 6.36. The predicted octanol–water partition coefficient (Wildman–Crippen LogP) is 1.79. The van der Waals surface area contributed by atoms with Crippen LogP contribution in [-0.2, 0) is 29.2 Å². The van der Waals surface area contributed by atoms with E-state index in [9.17, 15) is 9.59 Å². The van der Waals surface area contributed by atoms with E-state index < -0.39 is 11.7 Å². The molecule has 25 heavy (non-hydrogen) atoms. The van der Waals surface area contributed by atoms with Crippen molar-refractivity contribution in [3.8, 4) is 5.75 Å². The van der Waals surface area contributed by atoms with E-state index in [0.717, 1.165) is 16.8 Å². The van der Waals surface area contributed by atoms with E-state index in [4.69, 9.17) is 9.84 Å². The first-order valence-electron chi connectivity index (χ1n) is 8.11. The van der Waals surface area contributed by atoms with E-state index in [1.807, 2.05) is 18.2 Å². The minimum absolute atomic E-state index is 0.0856. The maximum atomic E-state index is 11.9. The molecule has 0 fully saturated rings. The Labute approximate surface area is 146 Å². The summed E-state index contributed by atoms with van der Waals surface area (Å²) in [6, 6.07) is 10.8. The molecule has 2 rings (SSSR count). The highest BCUT2D eigenvalue weighted by Crippen LogP contribution is 2.20. The Morgan fingerprint density at radius 1 is 1.24 bits per heavy atom. The summed E-state index contributed by atoms with van der Waals surface area (Å²) in [6.07, 6.45) is 3.14. The second kappa shape index (κ2) is 9.54. The van der Waals surface area contributed by atoms with Crippen molar-refractivity contribution >= 4 is 11.7 Å². The van der Waals surface area contributed by atoms with Crippen molar-refractivity contribution in [1.82, 2.24) is 10.3 Å².